The second kappa shape index (κ2) is 8.72. The molecule has 0 radical (unpaired) electrons. The zero-order chi connectivity index (χ0) is 18.4. The Bertz CT molecular complexity index is 553. The summed E-state index contributed by atoms with van der Waals surface area (Å²) in [5.74, 6) is -0.266. The quantitative estimate of drug-likeness (QED) is 0.553. The van der Waals surface area contributed by atoms with E-state index in [0.29, 0.717) is 45.9 Å². The minimum atomic E-state index is -0.320. The number of ether oxygens (including phenoxy) is 2. The van der Waals surface area contributed by atoms with Crippen LogP contribution in [0.5, 0.6) is 0 Å². The van der Waals surface area contributed by atoms with Crippen molar-refractivity contribution in [3.63, 3.8) is 0 Å². The van der Waals surface area contributed by atoms with Crippen LogP contribution in [0.2, 0.25) is 0 Å². The molecule has 2 unspecified atom stereocenters. The van der Waals surface area contributed by atoms with E-state index in [9.17, 15) is 14.9 Å². The average molecular weight is 350 g/mol. The van der Waals surface area contributed by atoms with Crippen LogP contribution in [0, 0.1) is 11.3 Å². The van der Waals surface area contributed by atoms with Gasteiger partial charge in [-0.2, -0.15) is 5.26 Å². The van der Waals surface area contributed by atoms with Gasteiger partial charge in [0.1, 0.15) is 11.6 Å². The molecule has 2 aliphatic heterocycles. The lowest BCUT2D eigenvalue weighted by Gasteiger charge is -2.36. The van der Waals surface area contributed by atoms with Gasteiger partial charge in [0.25, 0.3) is 5.91 Å². The summed E-state index contributed by atoms with van der Waals surface area (Å²) < 4.78 is 10.6. The number of nitrogens with zero attached hydrogens (tertiary/aromatic N) is 4. The molecule has 2 heterocycles. The van der Waals surface area contributed by atoms with Gasteiger partial charge in [0.15, 0.2) is 0 Å². The molecule has 2 fully saturated rings. The fourth-order valence-corrected chi connectivity index (χ4v) is 3.08. The molecule has 0 bridgehead atoms. The number of carbonyl (C=O) groups excluding carboxylic acids is 2. The number of morpholine rings is 1. The summed E-state index contributed by atoms with van der Waals surface area (Å²) in [6.45, 7) is 9.07. The molecule has 0 N–H and O–H groups in total. The fraction of sp³-hybridized carbons (Fsp3) is 0.706. The molecule has 2 atom stereocenters. The molecule has 25 heavy (non-hydrogen) atoms. The van der Waals surface area contributed by atoms with Crippen LogP contribution in [0.3, 0.4) is 0 Å². The van der Waals surface area contributed by atoms with Crippen molar-refractivity contribution in [1.82, 2.24) is 14.7 Å². The van der Waals surface area contributed by atoms with Crippen LogP contribution in [0.25, 0.3) is 0 Å². The van der Waals surface area contributed by atoms with Gasteiger partial charge in [0.2, 0.25) is 0 Å². The average Bonchev–Trinajstić information content (AvgIpc) is 2.59. The first kappa shape index (κ1) is 19.1. The van der Waals surface area contributed by atoms with Crippen molar-refractivity contribution in [2.24, 2.45) is 0 Å². The molecule has 138 valence electrons. The summed E-state index contributed by atoms with van der Waals surface area (Å²) >= 11 is 0. The van der Waals surface area contributed by atoms with Crippen molar-refractivity contribution >= 4 is 12.0 Å². The smallest absolute Gasteiger partial charge is 0.409 e. The molecule has 0 aliphatic carbocycles. The summed E-state index contributed by atoms with van der Waals surface area (Å²) in [4.78, 5) is 29.5. The molecule has 8 heteroatoms. The van der Waals surface area contributed by atoms with Gasteiger partial charge in [-0.3, -0.25) is 4.79 Å². The third-order valence-corrected chi connectivity index (χ3v) is 4.21. The molecular formula is C17H26N4O4. The summed E-state index contributed by atoms with van der Waals surface area (Å²) in [5.41, 5.74) is 0.117. The lowest BCUT2D eigenvalue weighted by Crippen LogP contribution is -2.49. The summed E-state index contributed by atoms with van der Waals surface area (Å²) in [6.07, 6.45) is 1.20. The number of rotatable bonds is 3. The lowest BCUT2D eigenvalue weighted by molar-refractivity contribution is -0.138. The predicted octanol–water partition coefficient (Wildman–Crippen LogP) is 0.804. The molecule has 0 aromatic rings. The normalized spacial score (nSPS) is 24.7. The van der Waals surface area contributed by atoms with Crippen molar-refractivity contribution in [3.8, 4) is 6.07 Å². The van der Waals surface area contributed by atoms with Crippen LogP contribution in [-0.4, -0.2) is 84.8 Å². The minimum Gasteiger partial charge on any atom is -0.450 e. The van der Waals surface area contributed by atoms with Crippen molar-refractivity contribution in [3.05, 3.63) is 11.8 Å². The minimum absolute atomic E-state index is 0.0410. The Morgan fingerprint density at radius 3 is 2.28 bits per heavy atom. The molecule has 0 saturated carbocycles. The van der Waals surface area contributed by atoms with Gasteiger partial charge in [-0.25, -0.2) is 4.79 Å². The second-order valence-electron chi connectivity index (χ2n) is 6.34. The molecule has 2 amide bonds. The maximum absolute atomic E-state index is 12.6. The number of hydrogen-bond acceptors (Lipinski definition) is 6. The van der Waals surface area contributed by atoms with Crippen molar-refractivity contribution in [1.29, 1.82) is 5.26 Å². The number of nitriles is 1. The van der Waals surface area contributed by atoms with Gasteiger partial charge in [0, 0.05) is 45.5 Å². The number of carbonyl (C=O) groups is 2. The van der Waals surface area contributed by atoms with Crippen molar-refractivity contribution < 1.29 is 19.1 Å². The third-order valence-electron chi connectivity index (χ3n) is 4.21. The molecule has 2 saturated heterocycles. The highest BCUT2D eigenvalue weighted by molar-refractivity contribution is 5.97. The Balaban J connectivity index is 1.95. The standard InChI is InChI=1S/C17H26N4O4/c1-4-24-17(23)20-7-5-19(6-8-20)12-15(9-18)16(22)21-10-13(2)25-14(3)11-21/h12-14H,4-8,10-11H2,1-3H3/b15-12-. The van der Waals surface area contributed by atoms with E-state index in [1.807, 2.05) is 24.8 Å². The molecule has 0 spiro atoms. The van der Waals surface area contributed by atoms with Crippen LogP contribution in [0.15, 0.2) is 11.8 Å². The highest BCUT2D eigenvalue weighted by atomic mass is 16.6. The highest BCUT2D eigenvalue weighted by Crippen LogP contribution is 2.14. The van der Waals surface area contributed by atoms with E-state index in [2.05, 4.69) is 0 Å². The Morgan fingerprint density at radius 1 is 1.16 bits per heavy atom. The van der Waals surface area contributed by atoms with Crippen LogP contribution < -0.4 is 0 Å². The van der Waals surface area contributed by atoms with Gasteiger partial charge < -0.3 is 24.2 Å². The van der Waals surface area contributed by atoms with E-state index in [1.54, 1.807) is 22.9 Å². The zero-order valence-electron chi connectivity index (χ0n) is 15.1. The Labute approximate surface area is 148 Å². The van der Waals surface area contributed by atoms with Crippen LogP contribution >= 0.6 is 0 Å². The Hall–Kier alpha value is -2.27. The van der Waals surface area contributed by atoms with E-state index in [0.717, 1.165) is 0 Å². The van der Waals surface area contributed by atoms with Crippen molar-refractivity contribution in [2.45, 2.75) is 33.0 Å². The topological polar surface area (TPSA) is 86.1 Å². The van der Waals surface area contributed by atoms with Crippen molar-refractivity contribution in [2.75, 3.05) is 45.9 Å². The molecule has 0 aromatic carbocycles. The van der Waals surface area contributed by atoms with Gasteiger partial charge in [0.05, 0.1) is 18.8 Å². The second-order valence-corrected chi connectivity index (χ2v) is 6.34. The maximum atomic E-state index is 12.6. The first-order valence-electron chi connectivity index (χ1n) is 8.67. The Morgan fingerprint density at radius 2 is 1.76 bits per heavy atom. The number of hydrogen-bond donors (Lipinski definition) is 0. The van der Waals surface area contributed by atoms with E-state index in [-0.39, 0.29) is 29.8 Å². The van der Waals surface area contributed by atoms with Gasteiger partial charge >= 0.3 is 6.09 Å². The zero-order valence-corrected chi connectivity index (χ0v) is 15.1. The SMILES string of the molecule is CCOC(=O)N1CCN(/C=C(/C#N)C(=O)N2CC(C)OC(C)C2)CC1. The molecule has 8 nitrogen and oxygen atoms in total. The van der Waals surface area contributed by atoms with Crippen LogP contribution in [0.1, 0.15) is 20.8 Å². The van der Waals surface area contributed by atoms with E-state index < -0.39 is 0 Å². The molecule has 0 aromatic heterocycles. The largest absolute Gasteiger partial charge is 0.450 e. The van der Waals surface area contributed by atoms with Crippen LogP contribution in [-0.2, 0) is 14.3 Å². The maximum Gasteiger partial charge on any atom is 0.409 e. The summed E-state index contributed by atoms with van der Waals surface area (Å²) in [5, 5.41) is 9.39. The Kier molecular flexibility index (Phi) is 6.65. The lowest BCUT2D eigenvalue weighted by atomic mass is 10.2. The molecule has 2 rings (SSSR count). The monoisotopic (exact) mass is 350 g/mol. The first-order valence-corrected chi connectivity index (χ1v) is 8.67. The predicted molar refractivity (Wildman–Crippen MR) is 90.5 cm³/mol. The molecule has 2 aliphatic rings. The van der Waals surface area contributed by atoms with E-state index in [4.69, 9.17) is 9.47 Å². The van der Waals surface area contributed by atoms with Gasteiger partial charge in [-0.1, -0.05) is 0 Å². The number of amides is 2. The van der Waals surface area contributed by atoms with Gasteiger partial charge in [-0.05, 0) is 20.8 Å². The van der Waals surface area contributed by atoms with E-state index in [1.165, 1.54) is 0 Å². The molecular weight excluding hydrogens is 324 g/mol. The first-order chi connectivity index (χ1) is 11.9. The number of piperazine rings is 1. The third kappa shape index (κ3) is 5.10. The fourth-order valence-electron chi connectivity index (χ4n) is 3.08. The summed E-state index contributed by atoms with van der Waals surface area (Å²) in [7, 11) is 0. The van der Waals surface area contributed by atoms with E-state index >= 15 is 0 Å². The summed E-state index contributed by atoms with van der Waals surface area (Å²) in [6, 6.07) is 2.01. The van der Waals surface area contributed by atoms with Crippen LogP contribution in [0.4, 0.5) is 4.79 Å². The van der Waals surface area contributed by atoms with Gasteiger partial charge in [-0.15, -0.1) is 0 Å². The highest BCUT2D eigenvalue weighted by Gasteiger charge is 2.28.